The summed E-state index contributed by atoms with van der Waals surface area (Å²) in [4.78, 5) is 12.4. The largest absolute Gasteiger partial charge is 0.351 e. The van der Waals surface area contributed by atoms with Crippen molar-refractivity contribution in [2.45, 2.75) is 56.9 Å². The highest BCUT2D eigenvalue weighted by molar-refractivity contribution is 5.85. The molecule has 1 saturated heterocycles. The zero-order valence-electron chi connectivity index (χ0n) is 14.4. The summed E-state index contributed by atoms with van der Waals surface area (Å²) >= 11 is 0. The molecule has 2 atom stereocenters. The number of amides is 1. The Labute approximate surface area is 154 Å². The number of carbonyl (C=O) groups excluding carboxylic acids is 1. The summed E-state index contributed by atoms with van der Waals surface area (Å²) in [7, 11) is 0. The lowest BCUT2D eigenvalue weighted by Gasteiger charge is -2.34. The van der Waals surface area contributed by atoms with Crippen LogP contribution in [0.4, 0.5) is 8.78 Å². The van der Waals surface area contributed by atoms with Crippen LogP contribution in [0.2, 0.25) is 0 Å². The summed E-state index contributed by atoms with van der Waals surface area (Å²) in [6.45, 7) is 1.48. The van der Waals surface area contributed by atoms with Gasteiger partial charge in [-0.15, -0.1) is 12.4 Å². The van der Waals surface area contributed by atoms with Gasteiger partial charge >= 0.3 is 0 Å². The first-order chi connectivity index (χ1) is 11.6. The van der Waals surface area contributed by atoms with Crippen molar-refractivity contribution >= 4 is 18.3 Å². The number of hydrogen-bond acceptors (Lipinski definition) is 2. The molecule has 0 bridgehead atoms. The fraction of sp³-hybridized carbons (Fsp3) is 0.632. The summed E-state index contributed by atoms with van der Waals surface area (Å²) in [5.41, 5.74) is 0.762. The van der Waals surface area contributed by atoms with Crippen LogP contribution in [-0.2, 0) is 4.79 Å². The quantitative estimate of drug-likeness (QED) is 0.841. The van der Waals surface area contributed by atoms with Gasteiger partial charge in [0, 0.05) is 24.9 Å². The maximum Gasteiger partial charge on any atom is 0.220 e. The molecule has 0 spiro atoms. The second kappa shape index (κ2) is 9.48. The minimum absolute atomic E-state index is 0. The van der Waals surface area contributed by atoms with E-state index in [4.69, 9.17) is 0 Å². The molecule has 2 fully saturated rings. The Morgan fingerprint density at radius 1 is 1.12 bits per heavy atom. The third-order valence-corrected chi connectivity index (χ3v) is 5.40. The molecule has 3 nitrogen and oxygen atoms in total. The maximum atomic E-state index is 13.6. The Morgan fingerprint density at radius 2 is 1.88 bits per heavy atom. The number of nitrogens with one attached hydrogen (secondary N) is 2. The van der Waals surface area contributed by atoms with Crippen LogP contribution >= 0.6 is 12.4 Å². The molecule has 25 heavy (non-hydrogen) atoms. The Hall–Kier alpha value is -1.20. The molecule has 1 amide bonds. The minimum Gasteiger partial charge on any atom is -0.351 e. The van der Waals surface area contributed by atoms with Gasteiger partial charge in [-0.05, 0) is 49.4 Å². The summed E-state index contributed by atoms with van der Waals surface area (Å²) in [5.74, 6) is -1.04. The molecule has 3 rings (SSSR count). The minimum atomic E-state index is -0.828. The lowest BCUT2D eigenvalue weighted by Crippen LogP contribution is -2.50. The van der Waals surface area contributed by atoms with Gasteiger partial charge in [-0.25, -0.2) is 8.78 Å². The summed E-state index contributed by atoms with van der Waals surface area (Å²) < 4.78 is 26.7. The lowest BCUT2D eigenvalue weighted by molar-refractivity contribution is -0.123. The smallest absolute Gasteiger partial charge is 0.220 e. The average Bonchev–Trinajstić information content (AvgIpc) is 2.59. The van der Waals surface area contributed by atoms with Crippen molar-refractivity contribution in [3.05, 3.63) is 35.4 Å². The Balaban J connectivity index is 0.00000225. The first-order valence-electron chi connectivity index (χ1n) is 9.08. The van der Waals surface area contributed by atoms with Crippen LogP contribution in [-0.4, -0.2) is 25.0 Å². The van der Waals surface area contributed by atoms with Gasteiger partial charge in [0.05, 0.1) is 0 Å². The van der Waals surface area contributed by atoms with E-state index in [9.17, 15) is 13.6 Å². The van der Waals surface area contributed by atoms with E-state index >= 15 is 0 Å². The molecule has 0 aromatic heterocycles. The third kappa shape index (κ3) is 5.38. The van der Waals surface area contributed by atoms with E-state index in [1.165, 1.54) is 31.4 Å². The fourth-order valence-corrected chi connectivity index (χ4v) is 4.07. The maximum absolute atomic E-state index is 13.6. The molecule has 1 saturated carbocycles. The van der Waals surface area contributed by atoms with Crippen LogP contribution in [0.25, 0.3) is 0 Å². The number of carbonyl (C=O) groups is 1. The van der Waals surface area contributed by atoms with Crippen molar-refractivity contribution < 1.29 is 13.6 Å². The molecule has 0 radical (unpaired) electrons. The summed E-state index contributed by atoms with van der Waals surface area (Å²) in [6, 6.07) is 4.01. The second-order valence-corrected chi connectivity index (χ2v) is 7.16. The number of hydrogen-bond donors (Lipinski definition) is 2. The number of halogens is 3. The van der Waals surface area contributed by atoms with Crippen molar-refractivity contribution in [1.29, 1.82) is 0 Å². The molecule has 2 unspecified atom stereocenters. The predicted molar refractivity (Wildman–Crippen MR) is 97.0 cm³/mol. The zero-order chi connectivity index (χ0) is 16.9. The second-order valence-electron chi connectivity index (χ2n) is 7.16. The van der Waals surface area contributed by atoms with Gasteiger partial charge in [0.1, 0.15) is 0 Å². The van der Waals surface area contributed by atoms with Crippen LogP contribution in [0.3, 0.4) is 0 Å². The van der Waals surface area contributed by atoms with Gasteiger partial charge in [0.15, 0.2) is 11.6 Å². The Bertz CT molecular complexity index is 579. The number of piperidine rings is 1. The zero-order valence-corrected chi connectivity index (χ0v) is 15.2. The highest BCUT2D eigenvalue weighted by Crippen LogP contribution is 2.29. The van der Waals surface area contributed by atoms with Gasteiger partial charge in [0.25, 0.3) is 0 Å². The van der Waals surface area contributed by atoms with Crippen LogP contribution in [0.15, 0.2) is 18.2 Å². The summed E-state index contributed by atoms with van der Waals surface area (Å²) in [6.07, 6.45) is 7.40. The molecule has 140 valence electrons. The van der Waals surface area contributed by atoms with E-state index in [2.05, 4.69) is 10.6 Å². The topological polar surface area (TPSA) is 41.1 Å². The van der Waals surface area contributed by atoms with Gasteiger partial charge in [-0.2, -0.15) is 0 Å². The van der Waals surface area contributed by atoms with E-state index < -0.39 is 11.6 Å². The lowest BCUT2D eigenvalue weighted by atomic mass is 9.84. The fourth-order valence-electron chi connectivity index (χ4n) is 4.07. The Kier molecular flexibility index (Phi) is 7.63. The van der Waals surface area contributed by atoms with Gasteiger partial charge < -0.3 is 10.6 Å². The molecular formula is C19H27ClF2N2O. The first kappa shape index (κ1) is 20.1. The highest BCUT2D eigenvalue weighted by atomic mass is 35.5. The first-order valence-corrected chi connectivity index (χ1v) is 9.08. The third-order valence-electron chi connectivity index (χ3n) is 5.40. The highest BCUT2D eigenvalue weighted by Gasteiger charge is 2.29. The van der Waals surface area contributed by atoms with E-state index in [0.29, 0.717) is 18.9 Å². The molecule has 2 N–H and O–H groups in total. The van der Waals surface area contributed by atoms with Crippen molar-refractivity contribution in [2.75, 3.05) is 13.1 Å². The normalized spacial score (nSPS) is 24.4. The molecule has 1 aliphatic heterocycles. The molecule has 1 aliphatic carbocycles. The van der Waals surface area contributed by atoms with E-state index in [0.717, 1.165) is 31.4 Å². The van der Waals surface area contributed by atoms with E-state index in [1.807, 2.05) is 0 Å². The van der Waals surface area contributed by atoms with Gasteiger partial charge in [-0.3, -0.25) is 4.79 Å². The van der Waals surface area contributed by atoms with Gasteiger partial charge in [-0.1, -0.05) is 25.3 Å². The summed E-state index contributed by atoms with van der Waals surface area (Å²) in [5, 5.41) is 6.42. The number of rotatable bonds is 4. The van der Waals surface area contributed by atoms with Crippen molar-refractivity contribution in [3.63, 3.8) is 0 Å². The SMILES string of the molecule is Cl.O=C(CC1CCCCC1)NC1CNCCC1c1ccc(F)c(F)c1. The molecule has 1 heterocycles. The van der Waals surface area contributed by atoms with Crippen LogP contribution in [0.1, 0.15) is 56.4 Å². The standard InChI is InChI=1S/C19H26F2N2O.ClH/c20-16-7-6-14(11-17(16)21)15-8-9-22-12-18(15)23-19(24)10-13-4-2-1-3-5-13;/h6-7,11,13,15,18,22H,1-5,8-10,12H2,(H,23,24);1H. The van der Waals surface area contributed by atoms with Crippen molar-refractivity contribution in [3.8, 4) is 0 Å². The molecule has 1 aromatic carbocycles. The van der Waals surface area contributed by atoms with Crippen LogP contribution in [0, 0.1) is 17.6 Å². The molecule has 1 aromatic rings. The average molecular weight is 373 g/mol. The monoisotopic (exact) mass is 372 g/mol. The van der Waals surface area contributed by atoms with Crippen molar-refractivity contribution in [2.24, 2.45) is 5.92 Å². The predicted octanol–water partition coefficient (Wildman–Crippen LogP) is 3.92. The Morgan fingerprint density at radius 3 is 2.60 bits per heavy atom. The van der Waals surface area contributed by atoms with Crippen molar-refractivity contribution in [1.82, 2.24) is 10.6 Å². The van der Waals surface area contributed by atoms with E-state index in [-0.39, 0.29) is 30.3 Å². The van der Waals surface area contributed by atoms with E-state index in [1.54, 1.807) is 6.07 Å². The van der Waals surface area contributed by atoms with Crippen LogP contribution in [0.5, 0.6) is 0 Å². The van der Waals surface area contributed by atoms with Crippen LogP contribution < -0.4 is 10.6 Å². The number of benzene rings is 1. The van der Waals surface area contributed by atoms with Gasteiger partial charge in [0.2, 0.25) is 5.91 Å². The molecular weight excluding hydrogens is 346 g/mol. The molecule has 2 aliphatic rings. The molecule has 6 heteroatoms.